The van der Waals surface area contributed by atoms with Crippen LogP contribution in [0.15, 0.2) is 0 Å². The maximum absolute atomic E-state index is 9.18. The van der Waals surface area contributed by atoms with Crippen LogP contribution in [0.5, 0.6) is 0 Å². The van der Waals surface area contributed by atoms with Gasteiger partial charge in [0.15, 0.2) is 0 Å². The van der Waals surface area contributed by atoms with Crippen LogP contribution < -0.4 is 5.73 Å². The van der Waals surface area contributed by atoms with Gasteiger partial charge in [-0.15, -0.1) is 0 Å². The van der Waals surface area contributed by atoms with Crippen LogP contribution in [-0.4, -0.2) is 41.3 Å². The summed E-state index contributed by atoms with van der Waals surface area (Å²) in [6.07, 6.45) is 3.60. The number of nitrogens with two attached hydrogens (primary N) is 1. The van der Waals surface area contributed by atoms with Gasteiger partial charge in [0.2, 0.25) is 0 Å². The molecule has 1 atom stereocenters. The van der Waals surface area contributed by atoms with Crippen molar-refractivity contribution in [3.05, 3.63) is 0 Å². The highest BCUT2D eigenvalue weighted by molar-refractivity contribution is 4.83. The van der Waals surface area contributed by atoms with E-state index in [4.69, 9.17) is 5.73 Å². The fourth-order valence-electron chi connectivity index (χ4n) is 2.00. The third-order valence-corrected chi connectivity index (χ3v) is 2.57. The van der Waals surface area contributed by atoms with Crippen molar-refractivity contribution in [2.75, 3.05) is 19.7 Å². The Balaban J connectivity index is 2.45. The van der Waals surface area contributed by atoms with E-state index in [1.54, 1.807) is 0 Å². The van der Waals surface area contributed by atoms with Crippen LogP contribution in [0.4, 0.5) is 0 Å². The third kappa shape index (κ3) is 3.63. The number of hydrogen-bond acceptors (Lipinski definition) is 3. The fraction of sp³-hybridized carbons (Fsp3) is 1.00. The van der Waals surface area contributed by atoms with E-state index in [0.29, 0.717) is 6.04 Å². The average Bonchev–Trinajstić information content (AvgIpc) is 2.02. The first-order valence-electron chi connectivity index (χ1n) is 5.17. The molecular formula is C10H22N2O. The number of rotatable bonds is 3. The number of nitrogens with zero attached hydrogens (tertiary/aromatic N) is 1. The zero-order chi connectivity index (χ0) is 9.90. The van der Waals surface area contributed by atoms with Gasteiger partial charge in [-0.05, 0) is 33.2 Å². The Bertz CT molecular complexity index is 153. The lowest BCUT2D eigenvalue weighted by atomic mass is 9.99. The summed E-state index contributed by atoms with van der Waals surface area (Å²) in [5.74, 6) is 0. The summed E-state index contributed by atoms with van der Waals surface area (Å²) in [5.41, 5.74) is 5.81. The molecule has 1 aliphatic heterocycles. The molecular weight excluding hydrogens is 164 g/mol. The monoisotopic (exact) mass is 186 g/mol. The minimum atomic E-state index is -0.148. The number of aliphatic hydroxyl groups excluding tert-OH is 1. The molecule has 0 spiro atoms. The van der Waals surface area contributed by atoms with Gasteiger partial charge in [-0.2, -0.15) is 0 Å². The van der Waals surface area contributed by atoms with Gasteiger partial charge < -0.3 is 10.8 Å². The van der Waals surface area contributed by atoms with E-state index in [2.05, 4.69) is 4.90 Å². The molecule has 0 aromatic rings. The first-order valence-corrected chi connectivity index (χ1v) is 5.17. The van der Waals surface area contributed by atoms with Crippen LogP contribution in [0, 0.1) is 0 Å². The lowest BCUT2D eigenvalue weighted by Crippen LogP contribution is -2.51. The molecule has 1 fully saturated rings. The molecule has 0 radical (unpaired) electrons. The lowest BCUT2D eigenvalue weighted by Gasteiger charge is -2.38. The Kier molecular flexibility index (Phi) is 3.71. The van der Waals surface area contributed by atoms with Gasteiger partial charge in [0, 0.05) is 18.1 Å². The number of aliphatic hydroxyl groups is 1. The molecule has 1 saturated heterocycles. The smallest absolute Gasteiger partial charge is 0.0586 e. The second kappa shape index (κ2) is 4.40. The predicted molar refractivity (Wildman–Crippen MR) is 54.6 cm³/mol. The highest BCUT2D eigenvalue weighted by atomic mass is 16.3. The molecule has 1 heterocycles. The summed E-state index contributed by atoms with van der Waals surface area (Å²) in [4.78, 5) is 2.32. The van der Waals surface area contributed by atoms with Gasteiger partial charge in [-0.1, -0.05) is 6.42 Å². The Hall–Kier alpha value is -0.120. The normalized spacial score (nSPS) is 26.3. The summed E-state index contributed by atoms with van der Waals surface area (Å²) in [5, 5.41) is 9.18. The lowest BCUT2D eigenvalue weighted by molar-refractivity contribution is 0.0751. The molecule has 1 unspecified atom stereocenters. The molecule has 3 N–H and O–H groups in total. The largest absolute Gasteiger partial charge is 0.395 e. The van der Waals surface area contributed by atoms with E-state index in [9.17, 15) is 5.11 Å². The number of hydrogen-bond donors (Lipinski definition) is 2. The second-order valence-electron chi connectivity index (χ2n) is 4.79. The Morgan fingerprint density at radius 3 is 2.69 bits per heavy atom. The Morgan fingerprint density at radius 2 is 2.15 bits per heavy atom. The van der Waals surface area contributed by atoms with Crippen LogP contribution in [0.2, 0.25) is 0 Å². The first kappa shape index (κ1) is 11.0. The highest BCUT2D eigenvalue weighted by Crippen LogP contribution is 2.18. The molecule has 0 saturated carbocycles. The van der Waals surface area contributed by atoms with Crippen molar-refractivity contribution in [3.8, 4) is 0 Å². The van der Waals surface area contributed by atoms with Crippen molar-refractivity contribution < 1.29 is 5.11 Å². The first-order chi connectivity index (χ1) is 6.03. The quantitative estimate of drug-likeness (QED) is 0.677. The van der Waals surface area contributed by atoms with Crippen LogP contribution in [0.25, 0.3) is 0 Å². The summed E-state index contributed by atoms with van der Waals surface area (Å²) < 4.78 is 0. The van der Waals surface area contributed by atoms with E-state index < -0.39 is 0 Å². The summed E-state index contributed by atoms with van der Waals surface area (Å²) >= 11 is 0. The zero-order valence-corrected chi connectivity index (χ0v) is 8.79. The molecule has 0 aromatic heterocycles. The average molecular weight is 186 g/mol. The van der Waals surface area contributed by atoms with Gasteiger partial charge >= 0.3 is 0 Å². The molecule has 3 heteroatoms. The second-order valence-corrected chi connectivity index (χ2v) is 4.79. The molecule has 0 aromatic carbocycles. The maximum Gasteiger partial charge on any atom is 0.0586 e. The Morgan fingerprint density at radius 1 is 1.46 bits per heavy atom. The fourth-order valence-corrected chi connectivity index (χ4v) is 2.00. The Labute approximate surface area is 80.9 Å². The van der Waals surface area contributed by atoms with Crippen molar-refractivity contribution >= 4 is 0 Å². The summed E-state index contributed by atoms with van der Waals surface area (Å²) in [6, 6.07) is 0.344. The molecule has 13 heavy (non-hydrogen) atoms. The van der Waals surface area contributed by atoms with Crippen LogP contribution in [0.3, 0.4) is 0 Å². The van der Waals surface area contributed by atoms with Crippen molar-refractivity contribution in [1.82, 2.24) is 4.90 Å². The minimum absolute atomic E-state index is 0.148. The van der Waals surface area contributed by atoms with Crippen LogP contribution in [0.1, 0.15) is 33.1 Å². The highest BCUT2D eigenvalue weighted by Gasteiger charge is 2.25. The predicted octanol–water partition coefficient (Wildman–Crippen LogP) is 0.570. The topological polar surface area (TPSA) is 49.5 Å². The molecule has 0 amide bonds. The number of likely N-dealkylation sites (tertiary alicyclic amines) is 1. The van der Waals surface area contributed by atoms with E-state index in [0.717, 1.165) is 19.5 Å². The van der Waals surface area contributed by atoms with Gasteiger partial charge in [0.25, 0.3) is 0 Å². The maximum atomic E-state index is 9.18. The standard InChI is InChI=1S/C10H22N2O/c1-10(2,11)8-12-6-4-3-5-9(12)7-13/h9,13H,3-8,11H2,1-2H3. The summed E-state index contributed by atoms with van der Waals surface area (Å²) in [6.45, 7) is 6.33. The molecule has 78 valence electrons. The van der Waals surface area contributed by atoms with Gasteiger partial charge in [-0.3, -0.25) is 4.90 Å². The third-order valence-electron chi connectivity index (χ3n) is 2.57. The van der Waals surface area contributed by atoms with Gasteiger partial charge in [-0.25, -0.2) is 0 Å². The van der Waals surface area contributed by atoms with E-state index in [-0.39, 0.29) is 12.1 Å². The molecule has 1 rings (SSSR count). The number of piperidine rings is 1. The van der Waals surface area contributed by atoms with Crippen molar-refractivity contribution in [1.29, 1.82) is 0 Å². The van der Waals surface area contributed by atoms with E-state index in [1.165, 1.54) is 12.8 Å². The van der Waals surface area contributed by atoms with Gasteiger partial charge in [0.1, 0.15) is 0 Å². The van der Waals surface area contributed by atoms with Gasteiger partial charge in [0.05, 0.1) is 6.61 Å². The SMILES string of the molecule is CC(C)(N)CN1CCCCC1CO. The molecule has 3 nitrogen and oxygen atoms in total. The van der Waals surface area contributed by atoms with Crippen molar-refractivity contribution in [2.24, 2.45) is 5.73 Å². The molecule has 1 aliphatic rings. The van der Waals surface area contributed by atoms with E-state index in [1.807, 2.05) is 13.8 Å². The zero-order valence-electron chi connectivity index (χ0n) is 8.79. The van der Waals surface area contributed by atoms with Crippen molar-refractivity contribution in [3.63, 3.8) is 0 Å². The minimum Gasteiger partial charge on any atom is -0.395 e. The van der Waals surface area contributed by atoms with Crippen molar-refractivity contribution in [2.45, 2.75) is 44.7 Å². The molecule has 0 bridgehead atoms. The summed E-state index contributed by atoms with van der Waals surface area (Å²) in [7, 11) is 0. The van der Waals surface area contributed by atoms with Crippen LogP contribution in [-0.2, 0) is 0 Å². The molecule has 0 aliphatic carbocycles. The van der Waals surface area contributed by atoms with E-state index >= 15 is 0 Å². The van der Waals surface area contributed by atoms with Crippen LogP contribution >= 0.6 is 0 Å².